The van der Waals surface area contributed by atoms with Gasteiger partial charge in [0.25, 0.3) is 0 Å². The second-order valence-electron chi connectivity index (χ2n) is 4.06. The third-order valence-electron chi connectivity index (χ3n) is 2.76. The number of nitrogens with zero attached hydrogens (tertiary/aromatic N) is 1. The average Bonchev–Trinajstić information content (AvgIpc) is 2.97. The first-order valence-corrected chi connectivity index (χ1v) is 7.41. The number of hydrogen-bond acceptors (Lipinski definition) is 6. The topological polar surface area (TPSA) is 114 Å². The Morgan fingerprint density at radius 1 is 1.29 bits per heavy atom. The Bertz CT molecular complexity index is 740. The predicted octanol–water partition coefficient (Wildman–Crippen LogP) is 1.71. The molecule has 0 saturated carbocycles. The minimum atomic E-state index is -4.04. The summed E-state index contributed by atoms with van der Waals surface area (Å²) in [5.41, 5.74) is -0.368. The molecule has 2 N–H and O–H groups in total. The first kappa shape index (κ1) is 15.0. The van der Waals surface area contributed by atoms with E-state index in [1.54, 1.807) is 12.1 Å². The van der Waals surface area contributed by atoms with Gasteiger partial charge in [-0.1, -0.05) is 6.07 Å². The maximum atomic E-state index is 12.2. The monoisotopic (exact) mass is 311 g/mol. The first-order valence-electron chi connectivity index (χ1n) is 5.93. The molecule has 112 valence electrons. The molecule has 0 unspecified atom stereocenters. The van der Waals surface area contributed by atoms with Gasteiger partial charge in [-0.2, -0.15) is 0 Å². The lowest BCUT2D eigenvalue weighted by Crippen LogP contribution is -2.24. The number of rotatable bonds is 6. The van der Waals surface area contributed by atoms with Gasteiger partial charge in [0.1, 0.15) is 11.4 Å². The summed E-state index contributed by atoms with van der Waals surface area (Å²) < 4.78 is 31.8. The van der Waals surface area contributed by atoms with Crippen molar-refractivity contribution >= 4 is 21.4 Å². The zero-order valence-electron chi connectivity index (χ0n) is 11.1. The fourth-order valence-electron chi connectivity index (χ4n) is 1.79. The zero-order chi connectivity index (χ0) is 15.5. The lowest BCUT2D eigenvalue weighted by molar-refractivity contribution is -0.386. The molecule has 0 fully saturated rings. The molecule has 0 atom stereocenters. The van der Waals surface area contributed by atoms with Gasteiger partial charge in [-0.3, -0.25) is 10.1 Å². The summed E-state index contributed by atoms with van der Waals surface area (Å²) >= 11 is 0. The van der Waals surface area contributed by atoms with Crippen molar-refractivity contribution in [1.82, 2.24) is 4.72 Å². The van der Waals surface area contributed by atoms with Crippen molar-refractivity contribution in [1.29, 1.82) is 0 Å². The third kappa shape index (κ3) is 3.20. The quantitative estimate of drug-likeness (QED) is 0.620. The van der Waals surface area contributed by atoms with Crippen molar-refractivity contribution in [2.24, 2.45) is 0 Å². The molecule has 0 bridgehead atoms. The van der Waals surface area contributed by atoms with Crippen molar-refractivity contribution in [3.63, 3.8) is 0 Å². The Morgan fingerprint density at radius 2 is 2.05 bits per heavy atom. The summed E-state index contributed by atoms with van der Waals surface area (Å²) in [5.74, 6) is 0.408. The molecule has 0 aliphatic rings. The van der Waals surface area contributed by atoms with Gasteiger partial charge in [-0.25, -0.2) is 13.1 Å². The number of para-hydroxylation sites is 1. The van der Waals surface area contributed by atoms with E-state index in [9.17, 15) is 18.5 Å². The predicted molar refractivity (Wildman–Crippen MR) is 75.4 cm³/mol. The van der Waals surface area contributed by atoms with Crippen molar-refractivity contribution in [2.75, 3.05) is 12.4 Å². The van der Waals surface area contributed by atoms with Crippen LogP contribution in [0, 0.1) is 10.1 Å². The smallest absolute Gasteiger partial charge is 0.312 e. The number of anilines is 1. The number of hydrogen-bond donors (Lipinski definition) is 2. The molecule has 8 nitrogen and oxygen atoms in total. The van der Waals surface area contributed by atoms with E-state index in [-0.39, 0.29) is 12.2 Å². The molecule has 1 aromatic heterocycles. The molecule has 2 rings (SSSR count). The number of nitrogens with one attached hydrogen (secondary N) is 2. The Hall–Kier alpha value is -2.39. The summed E-state index contributed by atoms with van der Waals surface area (Å²) in [6.45, 7) is -0.0870. The Kier molecular flexibility index (Phi) is 4.24. The van der Waals surface area contributed by atoms with Gasteiger partial charge in [0.15, 0.2) is 4.90 Å². The minimum absolute atomic E-state index is 0.0870. The lowest BCUT2D eigenvalue weighted by atomic mass is 10.3. The standard InChI is InChI=1S/C12H13N3O5S/c1-13-10-5-2-6-11(12(10)15(16)17)21(18,19)14-8-9-4-3-7-20-9/h2-7,13-14H,8H2,1H3. The highest BCUT2D eigenvalue weighted by Crippen LogP contribution is 2.31. The van der Waals surface area contributed by atoms with Crippen LogP contribution in [0.4, 0.5) is 11.4 Å². The number of nitro groups is 1. The zero-order valence-corrected chi connectivity index (χ0v) is 11.9. The van der Waals surface area contributed by atoms with Gasteiger partial charge in [0.2, 0.25) is 10.0 Å². The van der Waals surface area contributed by atoms with Crippen molar-refractivity contribution < 1.29 is 17.8 Å². The van der Waals surface area contributed by atoms with Crippen LogP contribution in [0.1, 0.15) is 5.76 Å². The van der Waals surface area contributed by atoms with Crippen molar-refractivity contribution in [3.8, 4) is 0 Å². The fourth-order valence-corrected chi connectivity index (χ4v) is 2.97. The van der Waals surface area contributed by atoms with E-state index in [4.69, 9.17) is 4.42 Å². The Labute approximate surface area is 121 Å². The number of sulfonamides is 1. The molecule has 0 saturated heterocycles. The molecule has 1 heterocycles. The van der Waals surface area contributed by atoms with Crippen LogP contribution in [-0.2, 0) is 16.6 Å². The van der Waals surface area contributed by atoms with Crippen LogP contribution in [0.25, 0.3) is 0 Å². The van der Waals surface area contributed by atoms with Crippen LogP contribution in [0.5, 0.6) is 0 Å². The van der Waals surface area contributed by atoms with Crippen molar-refractivity contribution in [3.05, 3.63) is 52.5 Å². The third-order valence-corrected chi connectivity index (χ3v) is 4.19. The average molecular weight is 311 g/mol. The van der Waals surface area contributed by atoms with Crippen LogP contribution < -0.4 is 10.0 Å². The highest BCUT2D eigenvalue weighted by Gasteiger charge is 2.28. The first-order chi connectivity index (χ1) is 9.95. The van der Waals surface area contributed by atoms with E-state index < -0.39 is 25.5 Å². The lowest BCUT2D eigenvalue weighted by Gasteiger charge is -2.09. The summed E-state index contributed by atoms with van der Waals surface area (Å²) in [7, 11) is -2.56. The molecule has 21 heavy (non-hydrogen) atoms. The SMILES string of the molecule is CNc1cccc(S(=O)(=O)NCc2ccco2)c1[N+](=O)[O-]. The fraction of sp³-hybridized carbons (Fsp3) is 0.167. The van der Waals surface area contributed by atoms with Crippen LogP contribution in [-0.4, -0.2) is 20.4 Å². The molecule has 1 aromatic carbocycles. The maximum Gasteiger partial charge on any atom is 0.312 e. The molecule has 0 amide bonds. The molecular weight excluding hydrogens is 298 g/mol. The normalized spacial score (nSPS) is 11.3. The van der Waals surface area contributed by atoms with E-state index >= 15 is 0 Å². The van der Waals surface area contributed by atoms with E-state index in [1.807, 2.05) is 0 Å². The molecule has 9 heteroatoms. The van der Waals surface area contributed by atoms with E-state index in [1.165, 1.54) is 31.5 Å². The van der Waals surface area contributed by atoms with Gasteiger partial charge in [-0.15, -0.1) is 0 Å². The van der Waals surface area contributed by atoms with Crippen LogP contribution >= 0.6 is 0 Å². The van der Waals surface area contributed by atoms with Gasteiger partial charge < -0.3 is 9.73 Å². The van der Waals surface area contributed by atoms with E-state index in [0.29, 0.717) is 5.76 Å². The van der Waals surface area contributed by atoms with Crippen LogP contribution in [0.2, 0.25) is 0 Å². The molecule has 0 aliphatic carbocycles. The molecule has 0 radical (unpaired) electrons. The molecule has 2 aromatic rings. The van der Waals surface area contributed by atoms with Gasteiger partial charge in [0.05, 0.1) is 17.7 Å². The summed E-state index contributed by atoms with van der Waals surface area (Å²) in [4.78, 5) is 10.0. The van der Waals surface area contributed by atoms with Gasteiger partial charge >= 0.3 is 5.69 Å². The largest absolute Gasteiger partial charge is 0.468 e. The van der Waals surface area contributed by atoms with Gasteiger partial charge in [-0.05, 0) is 24.3 Å². The summed E-state index contributed by atoms with van der Waals surface area (Å²) in [6, 6.07) is 7.27. The van der Waals surface area contributed by atoms with Crippen molar-refractivity contribution in [2.45, 2.75) is 11.4 Å². The highest BCUT2D eigenvalue weighted by molar-refractivity contribution is 7.89. The molecule has 0 spiro atoms. The van der Waals surface area contributed by atoms with E-state index in [2.05, 4.69) is 10.0 Å². The number of furan rings is 1. The highest BCUT2D eigenvalue weighted by atomic mass is 32.2. The second kappa shape index (κ2) is 5.94. The number of benzene rings is 1. The van der Waals surface area contributed by atoms with Gasteiger partial charge in [0, 0.05) is 7.05 Å². The van der Waals surface area contributed by atoms with Crippen LogP contribution in [0.3, 0.4) is 0 Å². The summed E-state index contributed by atoms with van der Waals surface area (Å²) in [5, 5.41) is 13.7. The Balaban J connectivity index is 2.37. The maximum absolute atomic E-state index is 12.2. The molecular formula is C12H13N3O5S. The van der Waals surface area contributed by atoms with Crippen LogP contribution in [0.15, 0.2) is 45.9 Å². The Morgan fingerprint density at radius 3 is 2.62 bits per heavy atom. The second-order valence-corrected chi connectivity index (χ2v) is 5.80. The molecule has 0 aliphatic heterocycles. The minimum Gasteiger partial charge on any atom is -0.468 e. The summed E-state index contributed by atoms with van der Waals surface area (Å²) in [6.07, 6.45) is 1.41. The number of nitro benzene ring substituents is 1. The van der Waals surface area contributed by atoms with E-state index in [0.717, 1.165) is 0 Å².